The second kappa shape index (κ2) is 2.57. The van der Waals surface area contributed by atoms with Crippen molar-refractivity contribution in [3.8, 4) is 0 Å². The Morgan fingerprint density at radius 3 is 2.64 bits per heavy atom. The maximum Gasteiger partial charge on any atom is 0.522 e. The van der Waals surface area contributed by atoms with E-state index in [1.165, 1.54) is 6.42 Å². The molecule has 3 saturated carbocycles. The molecule has 4 heteroatoms. The topological polar surface area (TPSA) is 18.5 Å². The van der Waals surface area contributed by atoms with Crippen molar-refractivity contribution in [3.63, 3.8) is 0 Å². The van der Waals surface area contributed by atoms with E-state index in [0.717, 1.165) is 12.3 Å². The molecule has 4 fully saturated rings. The third-order valence-electron chi connectivity index (χ3n) is 4.78. The minimum atomic E-state index is -1.02. The largest absolute Gasteiger partial charge is 0.522 e. The minimum Gasteiger partial charge on any atom is -0.135 e. The molecule has 2 nitrogen and oxygen atoms in total. The van der Waals surface area contributed by atoms with Gasteiger partial charge in [0, 0.05) is 5.92 Å². The highest BCUT2D eigenvalue weighted by atomic mass is 32.4. The van der Waals surface area contributed by atoms with Crippen molar-refractivity contribution in [2.45, 2.75) is 45.3 Å². The summed E-state index contributed by atoms with van der Waals surface area (Å²) >= 11 is 5.16. The highest BCUT2D eigenvalue weighted by Gasteiger charge is 2.71. The fourth-order valence-electron chi connectivity index (χ4n) is 3.66. The van der Waals surface area contributed by atoms with Crippen LogP contribution in [0.1, 0.15) is 33.6 Å². The van der Waals surface area contributed by atoms with Crippen LogP contribution in [0.3, 0.4) is 0 Å². The Morgan fingerprint density at radius 2 is 2.00 bits per heavy atom. The van der Waals surface area contributed by atoms with Gasteiger partial charge in [-0.15, -0.1) is 9.05 Å². The first-order valence-corrected chi connectivity index (χ1v) is 7.47. The molecule has 0 amide bonds. The summed E-state index contributed by atoms with van der Waals surface area (Å²) in [5.41, 5.74) is 0.357. The standard InChI is InChI=1S/C10H16O2PS/c1-9(2)6-4-7(9)10(3)8(5-6)11-13(14)12-10/h6-8H,4-5H2,1-3H3/q+1/t6-,7-,8+,10-/m1/s1. The average Bonchev–Trinajstić information content (AvgIpc) is 2.37. The van der Waals surface area contributed by atoms with Gasteiger partial charge in [0.2, 0.25) is 11.8 Å². The molecule has 1 aliphatic heterocycles. The molecular weight excluding hydrogens is 215 g/mol. The van der Waals surface area contributed by atoms with E-state index < -0.39 is 7.15 Å². The SMILES string of the molecule is CC1(C)[C@H]2C[C@@H]3O[P+](=S)O[C@]3(C)[C@@H]1C2. The fourth-order valence-corrected chi connectivity index (χ4v) is 5.57. The lowest BCUT2D eigenvalue weighted by Crippen LogP contribution is -2.65. The first kappa shape index (κ1) is 9.65. The molecule has 1 unspecified atom stereocenters. The van der Waals surface area contributed by atoms with Gasteiger partial charge in [0.05, 0.1) is 0 Å². The van der Waals surface area contributed by atoms with Crippen molar-refractivity contribution in [1.29, 1.82) is 0 Å². The Balaban J connectivity index is 1.98. The average molecular weight is 231 g/mol. The summed E-state index contributed by atoms with van der Waals surface area (Å²) in [4.78, 5) is 0. The van der Waals surface area contributed by atoms with Crippen LogP contribution in [0.2, 0.25) is 0 Å². The molecule has 2 bridgehead atoms. The van der Waals surface area contributed by atoms with Crippen LogP contribution in [0.15, 0.2) is 0 Å². The smallest absolute Gasteiger partial charge is 0.135 e. The highest BCUT2D eigenvalue weighted by Crippen LogP contribution is 2.68. The minimum absolute atomic E-state index is 0.0777. The lowest BCUT2D eigenvalue weighted by Gasteiger charge is -2.61. The fraction of sp³-hybridized carbons (Fsp3) is 1.00. The Kier molecular flexibility index (Phi) is 1.77. The molecule has 0 aromatic heterocycles. The maximum atomic E-state index is 5.90. The molecule has 0 aromatic rings. The van der Waals surface area contributed by atoms with Crippen LogP contribution in [0.4, 0.5) is 0 Å². The van der Waals surface area contributed by atoms with Crippen LogP contribution >= 0.6 is 7.15 Å². The zero-order valence-electron chi connectivity index (χ0n) is 8.82. The van der Waals surface area contributed by atoms with E-state index in [0.29, 0.717) is 11.3 Å². The van der Waals surface area contributed by atoms with Crippen LogP contribution in [0, 0.1) is 17.3 Å². The van der Waals surface area contributed by atoms with Gasteiger partial charge in [0.1, 0.15) is 6.10 Å². The predicted octanol–water partition coefficient (Wildman–Crippen LogP) is 3.00. The normalized spacial score (nSPS) is 56.5. The van der Waals surface area contributed by atoms with Gasteiger partial charge < -0.3 is 0 Å². The monoisotopic (exact) mass is 231 g/mol. The van der Waals surface area contributed by atoms with Gasteiger partial charge in [-0.3, -0.25) is 0 Å². The summed E-state index contributed by atoms with van der Waals surface area (Å²) in [5, 5.41) is 0. The molecule has 4 aliphatic rings. The predicted molar refractivity (Wildman–Crippen MR) is 58.6 cm³/mol. The number of rotatable bonds is 0. The number of hydrogen-bond donors (Lipinski definition) is 0. The van der Waals surface area contributed by atoms with E-state index in [4.69, 9.17) is 20.9 Å². The second-order valence-corrected chi connectivity index (χ2v) is 7.37. The van der Waals surface area contributed by atoms with Crippen LogP contribution in [0.25, 0.3) is 0 Å². The molecule has 78 valence electrons. The van der Waals surface area contributed by atoms with Gasteiger partial charge >= 0.3 is 7.15 Å². The van der Waals surface area contributed by atoms with Crippen LogP contribution < -0.4 is 0 Å². The van der Waals surface area contributed by atoms with Crippen molar-refractivity contribution in [1.82, 2.24) is 0 Å². The van der Waals surface area contributed by atoms with Gasteiger partial charge in [-0.25, -0.2) is 0 Å². The third kappa shape index (κ3) is 0.948. The second-order valence-electron chi connectivity index (χ2n) is 5.64. The van der Waals surface area contributed by atoms with Gasteiger partial charge in [-0.05, 0) is 31.1 Å². The summed E-state index contributed by atoms with van der Waals surface area (Å²) in [6.07, 6.45) is 2.74. The van der Waals surface area contributed by atoms with Crippen LogP contribution in [-0.2, 0) is 20.9 Å². The quantitative estimate of drug-likeness (QED) is 0.597. The van der Waals surface area contributed by atoms with Gasteiger partial charge in [-0.1, -0.05) is 13.8 Å². The molecule has 0 N–H and O–H groups in total. The third-order valence-corrected chi connectivity index (χ3v) is 6.24. The molecule has 1 saturated heterocycles. The highest BCUT2D eigenvalue weighted by molar-refractivity contribution is 8.00. The van der Waals surface area contributed by atoms with E-state index in [1.54, 1.807) is 0 Å². The molecular formula is C10H16O2PS+. The van der Waals surface area contributed by atoms with E-state index in [9.17, 15) is 0 Å². The molecule has 3 aliphatic carbocycles. The molecule has 1 heterocycles. The molecule has 14 heavy (non-hydrogen) atoms. The summed E-state index contributed by atoms with van der Waals surface area (Å²) < 4.78 is 11.6. The van der Waals surface area contributed by atoms with E-state index in [1.807, 2.05) is 0 Å². The first-order chi connectivity index (χ1) is 6.44. The van der Waals surface area contributed by atoms with E-state index in [-0.39, 0.29) is 11.7 Å². The molecule has 0 aromatic carbocycles. The Hall–Kier alpha value is 0.440. The van der Waals surface area contributed by atoms with Crippen LogP contribution in [0.5, 0.6) is 0 Å². The number of hydrogen-bond acceptors (Lipinski definition) is 3. The lowest BCUT2D eigenvalue weighted by molar-refractivity contribution is -0.199. The van der Waals surface area contributed by atoms with Crippen molar-refractivity contribution >= 4 is 19.0 Å². The molecule has 4 rings (SSSR count). The van der Waals surface area contributed by atoms with Gasteiger partial charge in [0.15, 0.2) is 5.60 Å². The summed E-state index contributed by atoms with van der Waals surface area (Å²) in [5.74, 6) is 1.47. The van der Waals surface area contributed by atoms with Crippen molar-refractivity contribution < 1.29 is 9.05 Å². The zero-order chi connectivity index (χ0) is 10.1. The molecule has 5 atom stereocenters. The lowest BCUT2D eigenvalue weighted by atomic mass is 9.43. The Bertz CT molecular complexity index is 317. The summed E-state index contributed by atoms with van der Waals surface area (Å²) in [7, 11) is -1.02. The summed E-state index contributed by atoms with van der Waals surface area (Å²) in [6, 6.07) is 0. The maximum absolute atomic E-state index is 5.90. The Labute approximate surface area is 90.9 Å². The van der Waals surface area contributed by atoms with E-state index in [2.05, 4.69) is 20.8 Å². The summed E-state index contributed by atoms with van der Waals surface area (Å²) in [6.45, 7) is 6.93. The first-order valence-electron chi connectivity index (χ1n) is 5.28. The van der Waals surface area contributed by atoms with Gasteiger partial charge in [0.25, 0.3) is 0 Å². The Morgan fingerprint density at radius 1 is 1.29 bits per heavy atom. The van der Waals surface area contributed by atoms with Crippen LogP contribution in [-0.4, -0.2) is 11.7 Å². The van der Waals surface area contributed by atoms with Gasteiger partial charge in [-0.2, -0.15) is 0 Å². The molecule has 0 spiro atoms. The van der Waals surface area contributed by atoms with Crippen molar-refractivity contribution in [2.75, 3.05) is 0 Å². The van der Waals surface area contributed by atoms with E-state index >= 15 is 0 Å². The van der Waals surface area contributed by atoms with Crippen molar-refractivity contribution in [3.05, 3.63) is 0 Å². The van der Waals surface area contributed by atoms with Crippen molar-refractivity contribution in [2.24, 2.45) is 17.3 Å². The molecule has 0 radical (unpaired) electrons. The zero-order valence-corrected chi connectivity index (χ0v) is 10.5.